The van der Waals surface area contributed by atoms with E-state index in [1.165, 1.54) is 83.1 Å². The molecular weight excluding hydrogens is 701 g/mol. The zero-order valence-corrected chi connectivity index (χ0v) is 33.5. The smallest absolute Gasteiger partial charge is 0.159 e. The number of aliphatic imine (C=N–C) groups is 2. The number of benzene rings is 7. The summed E-state index contributed by atoms with van der Waals surface area (Å²) in [5.74, 6) is 0.604. The molecule has 4 aliphatic rings. The van der Waals surface area contributed by atoms with Crippen molar-refractivity contribution >= 4 is 34.6 Å². The van der Waals surface area contributed by atoms with Gasteiger partial charge in [-0.2, -0.15) is 0 Å². The molecule has 0 amide bonds. The summed E-state index contributed by atoms with van der Waals surface area (Å²) >= 11 is 0. The summed E-state index contributed by atoms with van der Waals surface area (Å²) in [6.45, 7) is 15.3. The number of hydrogen-bond acceptors (Lipinski definition) is 1. The molecule has 1 spiro atoms. The summed E-state index contributed by atoms with van der Waals surface area (Å²) < 4.78 is 0. The first-order valence-corrected chi connectivity index (χ1v) is 20.6. The van der Waals surface area contributed by atoms with Crippen molar-refractivity contribution in [2.75, 3.05) is 0 Å². The SMILES string of the molecule is C=NC(=NC(=C)c1ccc2c(c1)C(C)(C)c1ccccc1-2)c1cccc2c1C1=C(CCC=C1)C21c2ccccc2-c2ccccc21.CCc1ccc2ccccc2c1. The van der Waals surface area contributed by atoms with Gasteiger partial charge in [0.05, 0.1) is 11.1 Å². The van der Waals surface area contributed by atoms with Gasteiger partial charge in [0.25, 0.3) is 0 Å². The second kappa shape index (κ2) is 13.8. The quantitative estimate of drug-likeness (QED) is 0.127. The van der Waals surface area contributed by atoms with E-state index < -0.39 is 0 Å². The summed E-state index contributed by atoms with van der Waals surface area (Å²) in [6.07, 6.45) is 7.80. The van der Waals surface area contributed by atoms with Gasteiger partial charge in [0.1, 0.15) is 0 Å². The third-order valence-electron chi connectivity index (χ3n) is 13.1. The molecule has 58 heavy (non-hydrogen) atoms. The Kier molecular flexibility index (Phi) is 8.49. The molecule has 0 atom stereocenters. The normalized spacial score (nSPS) is 15.8. The van der Waals surface area contributed by atoms with Crippen LogP contribution < -0.4 is 0 Å². The van der Waals surface area contributed by atoms with Crippen molar-refractivity contribution in [1.29, 1.82) is 0 Å². The Morgan fingerprint density at radius 3 is 1.95 bits per heavy atom. The molecule has 0 heterocycles. The lowest BCUT2D eigenvalue weighted by Crippen LogP contribution is -2.28. The van der Waals surface area contributed by atoms with Gasteiger partial charge in [0, 0.05) is 11.0 Å². The van der Waals surface area contributed by atoms with Crippen molar-refractivity contribution in [3.05, 3.63) is 226 Å². The van der Waals surface area contributed by atoms with Crippen molar-refractivity contribution in [2.45, 2.75) is 50.9 Å². The van der Waals surface area contributed by atoms with Crippen LogP contribution in [0.15, 0.2) is 186 Å². The van der Waals surface area contributed by atoms with Gasteiger partial charge in [-0.05, 0) is 121 Å². The van der Waals surface area contributed by atoms with Crippen molar-refractivity contribution in [3.8, 4) is 22.3 Å². The third-order valence-corrected chi connectivity index (χ3v) is 13.1. The molecule has 0 saturated heterocycles. The summed E-state index contributed by atoms with van der Waals surface area (Å²) in [4.78, 5) is 9.69. The fourth-order valence-corrected chi connectivity index (χ4v) is 10.4. The fourth-order valence-electron chi connectivity index (χ4n) is 10.4. The lowest BCUT2D eigenvalue weighted by Gasteiger charge is -2.33. The zero-order valence-electron chi connectivity index (χ0n) is 33.5. The molecule has 7 aromatic carbocycles. The van der Waals surface area contributed by atoms with Crippen LogP contribution >= 0.6 is 0 Å². The number of aryl methyl sites for hydroxylation is 1. The van der Waals surface area contributed by atoms with Crippen LogP contribution in [0.25, 0.3) is 44.3 Å². The summed E-state index contributed by atoms with van der Waals surface area (Å²) in [6, 6.07) is 55.0. The molecule has 0 unspecified atom stereocenters. The van der Waals surface area contributed by atoms with Gasteiger partial charge >= 0.3 is 0 Å². The molecule has 4 aliphatic carbocycles. The van der Waals surface area contributed by atoms with Crippen molar-refractivity contribution < 1.29 is 0 Å². The highest BCUT2D eigenvalue weighted by molar-refractivity contribution is 6.11. The van der Waals surface area contributed by atoms with Gasteiger partial charge in [-0.1, -0.05) is 185 Å². The second-order valence-electron chi connectivity index (χ2n) is 16.4. The van der Waals surface area contributed by atoms with Crippen LogP contribution in [-0.4, -0.2) is 12.6 Å². The Labute approximate surface area is 342 Å². The maximum Gasteiger partial charge on any atom is 0.159 e. The Bertz CT molecular complexity index is 2900. The number of nitrogens with zero attached hydrogens (tertiary/aromatic N) is 2. The lowest BCUT2D eigenvalue weighted by molar-refractivity contribution is 0.660. The average Bonchev–Trinajstić information content (AvgIpc) is 3.84. The topological polar surface area (TPSA) is 24.7 Å². The van der Waals surface area contributed by atoms with E-state index in [2.05, 4.69) is 203 Å². The van der Waals surface area contributed by atoms with Crippen LogP contribution in [0, 0.1) is 0 Å². The first-order chi connectivity index (χ1) is 28.4. The van der Waals surface area contributed by atoms with Gasteiger partial charge in [-0.3, -0.25) is 0 Å². The summed E-state index contributed by atoms with van der Waals surface area (Å²) in [5.41, 5.74) is 19.6. The molecule has 0 aliphatic heterocycles. The largest absolute Gasteiger partial charge is 0.245 e. The molecule has 0 radical (unpaired) electrons. The maximum atomic E-state index is 5.12. The molecule has 0 fully saturated rings. The number of rotatable bonds is 4. The highest BCUT2D eigenvalue weighted by Gasteiger charge is 2.53. The molecule has 0 bridgehead atoms. The van der Waals surface area contributed by atoms with E-state index in [1.54, 1.807) is 0 Å². The molecule has 0 aromatic heterocycles. The summed E-state index contributed by atoms with van der Waals surface area (Å²) in [7, 11) is 0. The maximum absolute atomic E-state index is 5.12. The van der Waals surface area contributed by atoms with E-state index >= 15 is 0 Å². The number of amidine groups is 1. The van der Waals surface area contributed by atoms with E-state index in [9.17, 15) is 0 Å². The Hall–Kier alpha value is -6.64. The van der Waals surface area contributed by atoms with Crippen LogP contribution in [0.4, 0.5) is 0 Å². The van der Waals surface area contributed by atoms with Crippen LogP contribution in [0.5, 0.6) is 0 Å². The van der Waals surface area contributed by atoms with E-state index in [0.717, 1.165) is 30.4 Å². The Balaban J connectivity index is 0.000000291. The van der Waals surface area contributed by atoms with Crippen molar-refractivity contribution in [2.24, 2.45) is 9.98 Å². The Morgan fingerprint density at radius 2 is 1.24 bits per heavy atom. The van der Waals surface area contributed by atoms with Gasteiger partial charge in [-0.25, -0.2) is 9.98 Å². The molecule has 11 rings (SSSR count). The van der Waals surface area contributed by atoms with Crippen molar-refractivity contribution in [1.82, 2.24) is 0 Å². The molecule has 0 saturated carbocycles. The zero-order chi connectivity index (χ0) is 39.6. The van der Waals surface area contributed by atoms with Crippen LogP contribution in [0.2, 0.25) is 0 Å². The lowest BCUT2D eigenvalue weighted by atomic mass is 9.68. The highest BCUT2D eigenvalue weighted by Crippen LogP contribution is 2.64. The van der Waals surface area contributed by atoms with Crippen molar-refractivity contribution in [3.63, 3.8) is 0 Å². The van der Waals surface area contributed by atoms with Gasteiger partial charge < -0.3 is 0 Å². The molecule has 280 valence electrons. The highest BCUT2D eigenvalue weighted by atomic mass is 14.9. The Morgan fingerprint density at radius 1 is 0.621 bits per heavy atom. The van der Waals surface area contributed by atoms with Crippen LogP contribution in [-0.2, 0) is 17.3 Å². The fraction of sp³-hybridized carbons (Fsp3) is 0.143. The van der Waals surface area contributed by atoms with Gasteiger partial charge in [-0.15, -0.1) is 0 Å². The summed E-state index contributed by atoms with van der Waals surface area (Å²) in [5, 5.41) is 2.67. The predicted molar refractivity (Wildman–Crippen MR) is 246 cm³/mol. The standard InChI is InChI=1S/C44H34N2.C12H12/c1-27(28-24-25-32-29-14-5-9-19-35(29)43(2,3)40(32)26-28)46-42(45-4)34-18-13-23-39-41(34)33-17-8-12-22-38(33)44(39)36-20-10-6-15-30(36)31-16-7-11-21-37(31)44;1-2-10-7-8-11-5-3-4-6-12(11)9-10/h5-11,13-21,23-26H,1,4,12,22H2,2-3H3;3-9H,2H2,1H3. The first kappa shape index (κ1) is 35.8. The minimum atomic E-state index is -0.331. The minimum absolute atomic E-state index is 0.0932. The van der Waals surface area contributed by atoms with Crippen LogP contribution in [0.3, 0.4) is 0 Å². The predicted octanol–water partition coefficient (Wildman–Crippen LogP) is 13.9. The average molecular weight is 747 g/mol. The molecule has 7 aromatic rings. The van der Waals surface area contributed by atoms with E-state index in [0.29, 0.717) is 11.5 Å². The molecular formula is C56H46N2. The number of fused-ring (bicyclic) bond motifs is 13. The molecule has 2 nitrogen and oxygen atoms in total. The molecule has 2 heteroatoms. The van der Waals surface area contributed by atoms with E-state index in [-0.39, 0.29) is 10.8 Å². The number of hydrogen-bond donors (Lipinski definition) is 0. The van der Waals surface area contributed by atoms with Crippen LogP contribution in [0.1, 0.15) is 83.7 Å². The first-order valence-electron chi connectivity index (χ1n) is 20.6. The minimum Gasteiger partial charge on any atom is -0.245 e. The van der Waals surface area contributed by atoms with E-state index in [1.807, 2.05) is 0 Å². The third kappa shape index (κ3) is 5.24. The van der Waals surface area contributed by atoms with Gasteiger partial charge in [0.15, 0.2) is 5.84 Å². The van der Waals surface area contributed by atoms with Gasteiger partial charge in [0.2, 0.25) is 0 Å². The molecule has 0 N–H and O–H groups in total. The van der Waals surface area contributed by atoms with E-state index in [4.69, 9.17) is 4.99 Å². The monoisotopic (exact) mass is 746 g/mol. The second-order valence-corrected chi connectivity index (χ2v) is 16.4. The number of allylic oxidation sites excluding steroid dienone is 4.